The first-order chi connectivity index (χ1) is 16.5. The zero-order valence-corrected chi connectivity index (χ0v) is 20.6. The Labute approximate surface area is 205 Å². The van der Waals surface area contributed by atoms with Crippen LogP contribution >= 0.6 is 7.82 Å². The molecular formula is C26H30N3O5P. The van der Waals surface area contributed by atoms with Gasteiger partial charge in [0, 0.05) is 23.5 Å². The fraction of sp³-hybridized carbons (Fsp3) is 0.346. The lowest BCUT2D eigenvalue weighted by atomic mass is 9.67. The summed E-state index contributed by atoms with van der Waals surface area (Å²) in [5, 5.41) is 9.95. The Kier molecular flexibility index (Phi) is 7.30. The van der Waals surface area contributed by atoms with Crippen molar-refractivity contribution in [1.29, 1.82) is 0 Å². The van der Waals surface area contributed by atoms with Crippen LogP contribution in [0.25, 0.3) is 11.1 Å². The number of aliphatic hydroxyl groups is 1. The van der Waals surface area contributed by atoms with Crippen LogP contribution in [0.3, 0.4) is 0 Å². The summed E-state index contributed by atoms with van der Waals surface area (Å²) in [5.74, 6) is 6.88. The minimum atomic E-state index is -4.68. The first-order valence-electron chi connectivity index (χ1n) is 11.4. The first-order valence-corrected chi connectivity index (χ1v) is 13.0. The molecule has 3 aromatic rings. The fourth-order valence-electron chi connectivity index (χ4n) is 4.43. The predicted molar refractivity (Wildman–Crippen MR) is 133 cm³/mol. The van der Waals surface area contributed by atoms with Gasteiger partial charge in [-0.05, 0) is 61.4 Å². The summed E-state index contributed by atoms with van der Waals surface area (Å²) < 4.78 is 17.5. The molecule has 1 aromatic heterocycles. The van der Waals surface area contributed by atoms with E-state index in [-0.39, 0.29) is 12.1 Å². The van der Waals surface area contributed by atoms with Crippen molar-refractivity contribution in [3.05, 3.63) is 77.9 Å². The van der Waals surface area contributed by atoms with Crippen molar-refractivity contribution < 1.29 is 24.0 Å². The number of nitrogens with zero attached hydrogens (tertiary/aromatic N) is 2. The van der Waals surface area contributed by atoms with Crippen LogP contribution in [0.5, 0.6) is 0 Å². The highest BCUT2D eigenvalue weighted by Crippen LogP contribution is 2.43. The van der Waals surface area contributed by atoms with E-state index >= 15 is 0 Å². The van der Waals surface area contributed by atoms with Gasteiger partial charge in [0.25, 0.3) is 0 Å². The summed E-state index contributed by atoms with van der Waals surface area (Å²) in [7, 11) is -4.68. The van der Waals surface area contributed by atoms with E-state index in [4.69, 9.17) is 20.0 Å². The van der Waals surface area contributed by atoms with E-state index in [1.165, 1.54) is 11.8 Å². The van der Waals surface area contributed by atoms with Gasteiger partial charge in [-0.15, -0.1) is 0 Å². The van der Waals surface area contributed by atoms with E-state index < -0.39 is 20.0 Å². The highest BCUT2D eigenvalue weighted by atomic mass is 31.2. The molecule has 2 aromatic carbocycles. The molecule has 0 spiro atoms. The van der Waals surface area contributed by atoms with Gasteiger partial charge >= 0.3 is 7.82 Å². The molecule has 4 rings (SSSR count). The molecule has 0 radical (unpaired) electrons. The van der Waals surface area contributed by atoms with Crippen molar-refractivity contribution in [3.8, 4) is 23.0 Å². The van der Waals surface area contributed by atoms with Gasteiger partial charge in [-0.1, -0.05) is 48.2 Å². The van der Waals surface area contributed by atoms with Crippen LogP contribution in [0, 0.1) is 11.8 Å². The average Bonchev–Trinajstić information content (AvgIpc) is 3.27. The van der Waals surface area contributed by atoms with Gasteiger partial charge in [0.2, 0.25) is 0 Å². The molecule has 0 unspecified atom stereocenters. The largest absolute Gasteiger partial charge is 0.469 e. The van der Waals surface area contributed by atoms with Crippen LogP contribution in [0.15, 0.2) is 60.9 Å². The predicted octanol–water partition coefficient (Wildman–Crippen LogP) is 3.90. The van der Waals surface area contributed by atoms with Crippen LogP contribution in [-0.2, 0) is 9.09 Å². The maximum absolute atomic E-state index is 11.2. The summed E-state index contributed by atoms with van der Waals surface area (Å²) in [6.45, 7) is 3.29. The van der Waals surface area contributed by atoms with E-state index in [9.17, 15) is 9.67 Å². The number of hydrogen-bond donors (Lipinski definition) is 4. The molecule has 1 fully saturated rings. The number of benzene rings is 2. The average molecular weight is 496 g/mol. The number of hydrogen-bond acceptors (Lipinski definition) is 5. The Hall–Kier alpha value is -2.76. The molecule has 0 amide bonds. The van der Waals surface area contributed by atoms with Gasteiger partial charge in [-0.3, -0.25) is 4.52 Å². The molecule has 0 aliphatic heterocycles. The molecule has 0 bridgehead atoms. The Morgan fingerprint density at radius 2 is 1.77 bits per heavy atom. The number of nitrogens with two attached hydrogens (primary N) is 1. The molecule has 35 heavy (non-hydrogen) atoms. The quantitative estimate of drug-likeness (QED) is 0.289. The first kappa shape index (κ1) is 25.3. The van der Waals surface area contributed by atoms with Crippen molar-refractivity contribution in [1.82, 2.24) is 9.55 Å². The number of phosphoric acid groups is 1. The molecule has 9 heteroatoms. The van der Waals surface area contributed by atoms with Gasteiger partial charge < -0.3 is 25.2 Å². The summed E-state index contributed by atoms with van der Waals surface area (Å²) in [6, 6.07) is 15.6. The lowest BCUT2D eigenvalue weighted by molar-refractivity contribution is 0.165. The molecule has 8 nitrogen and oxygen atoms in total. The number of aromatic nitrogens is 2. The number of aliphatic hydroxyl groups excluding tert-OH is 1. The SMILES string of the molecule is C[C@H](O)c1nccn1[C@@H](C#Cc1ccc(-c2ccc(C3CC(C)(N)C3)cc2)cc1)COP(=O)(O)O. The van der Waals surface area contributed by atoms with E-state index in [1.54, 1.807) is 17.7 Å². The van der Waals surface area contributed by atoms with E-state index in [2.05, 4.69) is 48.0 Å². The van der Waals surface area contributed by atoms with Crippen molar-refractivity contribution in [3.63, 3.8) is 0 Å². The van der Waals surface area contributed by atoms with E-state index in [0.717, 1.165) is 29.5 Å². The minimum absolute atomic E-state index is 0.0447. The lowest BCUT2D eigenvalue weighted by Crippen LogP contribution is -2.47. The summed E-state index contributed by atoms with van der Waals surface area (Å²) in [6.07, 6.45) is 4.23. The molecule has 5 N–H and O–H groups in total. The van der Waals surface area contributed by atoms with E-state index in [1.807, 2.05) is 24.3 Å². The minimum Gasteiger partial charge on any atom is -0.385 e. The van der Waals surface area contributed by atoms with Crippen LogP contribution in [0.2, 0.25) is 0 Å². The lowest BCUT2D eigenvalue weighted by Gasteiger charge is -2.42. The Bertz CT molecular complexity index is 1260. The van der Waals surface area contributed by atoms with Crippen LogP contribution < -0.4 is 5.73 Å². The normalized spacial score (nSPS) is 21.5. The molecule has 1 heterocycles. The number of imidazole rings is 1. The number of phosphoric ester groups is 1. The maximum atomic E-state index is 11.2. The molecule has 1 saturated carbocycles. The van der Waals surface area contributed by atoms with E-state index in [0.29, 0.717) is 11.7 Å². The highest BCUT2D eigenvalue weighted by molar-refractivity contribution is 7.46. The number of rotatable bonds is 7. The molecular weight excluding hydrogens is 465 g/mol. The maximum Gasteiger partial charge on any atom is 0.469 e. The van der Waals surface area contributed by atoms with Gasteiger partial charge in [-0.2, -0.15) is 0 Å². The van der Waals surface area contributed by atoms with Crippen molar-refractivity contribution in [2.24, 2.45) is 5.73 Å². The van der Waals surface area contributed by atoms with Crippen LogP contribution in [0.1, 0.15) is 61.7 Å². The third-order valence-electron chi connectivity index (χ3n) is 6.22. The van der Waals surface area contributed by atoms with Gasteiger partial charge in [-0.25, -0.2) is 9.55 Å². The highest BCUT2D eigenvalue weighted by Gasteiger charge is 2.37. The Morgan fingerprint density at radius 1 is 1.17 bits per heavy atom. The monoisotopic (exact) mass is 495 g/mol. The zero-order valence-electron chi connectivity index (χ0n) is 19.7. The van der Waals surface area contributed by atoms with Gasteiger partial charge in [0.1, 0.15) is 18.0 Å². The van der Waals surface area contributed by atoms with Gasteiger partial charge in [0.15, 0.2) is 0 Å². The fourth-order valence-corrected chi connectivity index (χ4v) is 4.77. The Balaban J connectivity index is 1.49. The molecule has 1 aliphatic carbocycles. The van der Waals surface area contributed by atoms with Crippen molar-refractivity contribution in [2.45, 2.75) is 50.3 Å². The second kappa shape index (κ2) is 10.1. The molecule has 184 valence electrons. The second-order valence-corrected chi connectivity index (χ2v) is 10.6. The van der Waals surface area contributed by atoms with Gasteiger partial charge in [0.05, 0.1) is 6.61 Å². The van der Waals surface area contributed by atoms with Crippen LogP contribution in [0.4, 0.5) is 0 Å². The summed E-state index contributed by atoms with van der Waals surface area (Å²) in [5.41, 5.74) is 10.3. The third-order valence-corrected chi connectivity index (χ3v) is 6.70. The smallest absolute Gasteiger partial charge is 0.385 e. The summed E-state index contributed by atoms with van der Waals surface area (Å²) in [4.78, 5) is 22.3. The van der Waals surface area contributed by atoms with Crippen molar-refractivity contribution in [2.75, 3.05) is 6.61 Å². The zero-order chi connectivity index (χ0) is 25.2. The molecule has 0 saturated heterocycles. The topological polar surface area (TPSA) is 131 Å². The Morgan fingerprint density at radius 3 is 2.31 bits per heavy atom. The molecule has 1 aliphatic rings. The molecule has 2 atom stereocenters. The third kappa shape index (κ3) is 6.47. The summed E-state index contributed by atoms with van der Waals surface area (Å²) >= 11 is 0. The standard InChI is InChI=1S/C26H30N3O5P/c1-18(30)25-28-13-14-29(25)24(17-34-35(31,32)33)12-5-19-3-6-20(7-4-19)21-8-10-22(11-9-21)23-15-26(2,27)16-23/h3-4,6-11,13-14,18,23-24,30H,15-17,27H2,1-2H3,(H2,31,32,33)/t18-,23?,24-,26?/m0/s1. The van der Waals surface area contributed by atoms with Crippen molar-refractivity contribution >= 4 is 7.82 Å². The van der Waals surface area contributed by atoms with Crippen LogP contribution in [-0.4, -0.2) is 36.6 Å². The second-order valence-electron chi connectivity index (χ2n) is 9.40.